The van der Waals surface area contributed by atoms with Gasteiger partial charge in [-0.2, -0.15) is 0 Å². The van der Waals surface area contributed by atoms with Gasteiger partial charge in [0.2, 0.25) is 0 Å². The molecule has 1 aliphatic rings. The van der Waals surface area contributed by atoms with Crippen molar-refractivity contribution in [3.63, 3.8) is 0 Å². The van der Waals surface area contributed by atoms with Gasteiger partial charge in [-0.15, -0.1) is 0 Å². The molecule has 0 amide bonds. The molecule has 2 rings (SSSR count). The summed E-state index contributed by atoms with van der Waals surface area (Å²) in [6, 6.07) is 6.72. The highest BCUT2D eigenvalue weighted by Crippen LogP contribution is 2.05. The van der Waals surface area contributed by atoms with Crippen molar-refractivity contribution in [2.75, 3.05) is 39.4 Å². The first-order valence-electron chi connectivity index (χ1n) is 7.42. The Balaban J connectivity index is 1.56. The van der Waals surface area contributed by atoms with Crippen LogP contribution in [-0.4, -0.2) is 44.5 Å². The summed E-state index contributed by atoms with van der Waals surface area (Å²) in [5, 5.41) is 6.78. The number of nitrogens with one attached hydrogen (secondary N) is 3. The van der Waals surface area contributed by atoms with Gasteiger partial charge in [-0.3, -0.25) is 0 Å². The average molecular weight is 312 g/mol. The lowest BCUT2D eigenvalue weighted by molar-refractivity contribution is -0.908. The molecule has 116 valence electrons. The summed E-state index contributed by atoms with van der Waals surface area (Å²) in [7, 11) is 0. The molecule has 1 heterocycles. The molecule has 0 aliphatic carbocycles. The molecule has 3 N–H and O–H groups in total. The largest absolute Gasteiger partial charge is 0.370 e. The third kappa shape index (κ3) is 5.95. The van der Waals surface area contributed by atoms with E-state index >= 15 is 0 Å². The second-order valence-electron chi connectivity index (χ2n) is 5.17. The number of rotatable bonds is 6. The molecule has 6 heteroatoms. The average Bonchev–Trinajstić information content (AvgIpc) is 2.52. The van der Waals surface area contributed by atoms with Crippen molar-refractivity contribution in [3.8, 4) is 0 Å². The first-order valence-corrected chi connectivity index (χ1v) is 7.83. The van der Waals surface area contributed by atoms with E-state index in [2.05, 4.69) is 10.6 Å². The van der Waals surface area contributed by atoms with E-state index in [-0.39, 0.29) is 5.82 Å². The van der Waals surface area contributed by atoms with Crippen molar-refractivity contribution in [2.24, 2.45) is 0 Å². The lowest BCUT2D eigenvalue weighted by Crippen LogP contribution is -3.14. The predicted octanol–water partition coefficient (Wildman–Crippen LogP) is 0.0950. The van der Waals surface area contributed by atoms with Crippen LogP contribution in [0, 0.1) is 5.82 Å². The maximum Gasteiger partial charge on any atom is 0.166 e. The number of halogens is 1. The van der Waals surface area contributed by atoms with Crippen LogP contribution in [0.25, 0.3) is 0 Å². The zero-order chi connectivity index (χ0) is 14.9. The van der Waals surface area contributed by atoms with Crippen LogP contribution in [0.5, 0.6) is 0 Å². The molecule has 4 nitrogen and oxygen atoms in total. The standard InChI is InChI=1S/C15H22FN3OS/c16-14-5-2-1-4-13(14)12-18-15(21)17-6-3-7-19-8-10-20-11-9-19/h1-2,4-5H,3,6-12H2,(H2,17,18,21)/p+1. The molecule has 0 bridgehead atoms. The third-order valence-corrected chi connectivity index (χ3v) is 3.88. The highest BCUT2D eigenvalue weighted by Gasteiger charge is 2.12. The van der Waals surface area contributed by atoms with Gasteiger partial charge < -0.3 is 20.3 Å². The summed E-state index contributed by atoms with van der Waals surface area (Å²) in [5.41, 5.74) is 0.624. The minimum absolute atomic E-state index is 0.205. The topological polar surface area (TPSA) is 37.7 Å². The molecule has 0 unspecified atom stereocenters. The van der Waals surface area contributed by atoms with Gasteiger partial charge in [0.15, 0.2) is 5.11 Å². The number of thiocarbonyl (C=S) groups is 1. The predicted molar refractivity (Wildman–Crippen MR) is 84.8 cm³/mol. The number of ether oxygens (including phenoxy) is 1. The molecule has 0 atom stereocenters. The molecule has 1 aliphatic heterocycles. The van der Waals surface area contributed by atoms with Crippen molar-refractivity contribution in [1.82, 2.24) is 10.6 Å². The summed E-state index contributed by atoms with van der Waals surface area (Å²) < 4.78 is 18.8. The van der Waals surface area contributed by atoms with Crippen LogP contribution >= 0.6 is 12.2 Å². The molecule has 0 spiro atoms. The molecular formula is C15H23FN3OS+. The Kier molecular flexibility index (Phi) is 6.85. The van der Waals surface area contributed by atoms with E-state index in [0.29, 0.717) is 17.2 Å². The highest BCUT2D eigenvalue weighted by atomic mass is 32.1. The molecule has 0 radical (unpaired) electrons. The summed E-state index contributed by atoms with van der Waals surface area (Å²) in [6.45, 7) is 6.30. The van der Waals surface area contributed by atoms with E-state index in [1.165, 1.54) is 6.07 Å². The summed E-state index contributed by atoms with van der Waals surface area (Å²) in [4.78, 5) is 1.59. The molecule has 0 aromatic heterocycles. The van der Waals surface area contributed by atoms with Crippen molar-refractivity contribution < 1.29 is 14.0 Å². The first-order chi connectivity index (χ1) is 10.3. The fourth-order valence-electron chi connectivity index (χ4n) is 2.33. The highest BCUT2D eigenvalue weighted by molar-refractivity contribution is 7.80. The minimum Gasteiger partial charge on any atom is -0.370 e. The van der Waals surface area contributed by atoms with Crippen LogP contribution in [0.15, 0.2) is 24.3 Å². The summed E-state index contributed by atoms with van der Waals surface area (Å²) in [6.07, 6.45) is 1.07. The summed E-state index contributed by atoms with van der Waals surface area (Å²) in [5.74, 6) is -0.205. The van der Waals surface area contributed by atoms with Gasteiger partial charge in [-0.1, -0.05) is 18.2 Å². The Morgan fingerprint density at radius 1 is 1.24 bits per heavy atom. The van der Waals surface area contributed by atoms with Crippen molar-refractivity contribution in [1.29, 1.82) is 0 Å². The normalized spacial score (nSPS) is 15.7. The summed E-state index contributed by atoms with van der Waals surface area (Å²) >= 11 is 5.19. The molecule has 0 saturated carbocycles. The van der Waals surface area contributed by atoms with Crippen LogP contribution < -0.4 is 15.5 Å². The van der Waals surface area contributed by atoms with E-state index in [1.807, 2.05) is 6.07 Å². The molecule has 1 saturated heterocycles. The van der Waals surface area contributed by atoms with Crippen molar-refractivity contribution in [2.45, 2.75) is 13.0 Å². The number of benzene rings is 1. The smallest absolute Gasteiger partial charge is 0.166 e. The van der Waals surface area contributed by atoms with E-state index in [0.717, 1.165) is 45.8 Å². The van der Waals surface area contributed by atoms with E-state index in [1.54, 1.807) is 17.0 Å². The number of hydrogen-bond donors (Lipinski definition) is 3. The fourth-order valence-corrected chi connectivity index (χ4v) is 2.50. The van der Waals surface area contributed by atoms with Gasteiger partial charge in [-0.25, -0.2) is 4.39 Å². The quantitative estimate of drug-likeness (QED) is 0.514. The Morgan fingerprint density at radius 2 is 2.00 bits per heavy atom. The molecule has 1 fully saturated rings. The molecule has 21 heavy (non-hydrogen) atoms. The van der Waals surface area contributed by atoms with Crippen LogP contribution in [0.1, 0.15) is 12.0 Å². The van der Waals surface area contributed by atoms with Gasteiger partial charge in [0.05, 0.1) is 19.8 Å². The van der Waals surface area contributed by atoms with Crippen molar-refractivity contribution in [3.05, 3.63) is 35.6 Å². The first kappa shape index (κ1) is 16.1. The van der Waals surface area contributed by atoms with E-state index in [4.69, 9.17) is 17.0 Å². The Morgan fingerprint density at radius 3 is 2.76 bits per heavy atom. The number of hydrogen-bond acceptors (Lipinski definition) is 2. The molecular weight excluding hydrogens is 289 g/mol. The SMILES string of the molecule is Fc1ccccc1CNC(=S)NCCC[NH+]1CCOCC1. The van der Waals surface area contributed by atoms with Crippen LogP contribution in [0.4, 0.5) is 4.39 Å². The van der Waals surface area contributed by atoms with Crippen molar-refractivity contribution >= 4 is 17.3 Å². The molecule has 1 aromatic rings. The number of morpholine rings is 1. The number of quaternary nitrogens is 1. The minimum atomic E-state index is -0.205. The van der Waals surface area contributed by atoms with Crippen LogP contribution in [-0.2, 0) is 11.3 Å². The lowest BCUT2D eigenvalue weighted by Gasteiger charge is -2.23. The van der Waals surface area contributed by atoms with Gasteiger partial charge in [-0.05, 0) is 18.3 Å². The lowest BCUT2D eigenvalue weighted by atomic mass is 10.2. The zero-order valence-corrected chi connectivity index (χ0v) is 13.0. The van der Waals surface area contributed by atoms with E-state index < -0.39 is 0 Å². The maximum atomic E-state index is 13.4. The monoisotopic (exact) mass is 312 g/mol. The second kappa shape index (κ2) is 8.92. The van der Waals surface area contributed by atoms with E-state index in [9.17, 15) is 4.39 Å². The van der Waals surface area contributed by atoms with Gasteiger partial charge in [0.25, 0.3) is 0 Å². The van der Waals surface area contributed by atoms with Gasteiger partial charge in [0, 0.05) is 25.1 Å². The zero-order valence-electron chi connectivity index (χ0n) is 12.2. The second-order valence-corrected chi connectivity index (χ2v) is 5.58. The third-order valence-electron chi connectivity index (χ3n) is 3.59. The Bertz CT molecular complexity index is 452. The van der Waals surface area contributed by atoms with Gasteiger partial charge >= 0.3 is 0 Å². The van der Waals surface area contributed by atoms with Crippen LogP contribution in [0.3, 0.4) is 0 Å². The Labute approximate surface area is 130 Å². The maximum absolute atomic E-state index is 13.4. The molecule has 1 aromatic carbocycles. The Hall–Kier alpha value is -1.24. The van der Waals surface area contributed by atoms with Gasteiger partial charge in [0.1, 0.15) is 18.9 Å². The fraction of sp³-hybridized carbons (Fsp3) is 0.533. The van der Waals surface area contributed by atoms with Crippen LogP contribution in [0.2, 0.25) is 0 Å².